The molecule has 0 heterocycles. The molecule has 1 aliphatic carbocycles. The molecular weight excluding hydrogens is 272 g/mol. The van der Waals surface area contributed by atoms with Gasteiger partial charge in [0.15, 0.2) is 0 Å². The van der Waals surface area contributed by atoms with Gasteiger partial charge in [0.05, 0.1) is 0 Å². The van der Waals surface area contributed by atoms with Gasteiger partial charge in [-0.05, 0) is 56.2 Å². The van der Waals surface area contributed by atoms with Crippen LogP contribution in [0.1, 0.15) is 57.6 Å². The van der Waals surface area contributed by atoms with Gasteiger partial charge in [-0.1, -0.05) is 25.5 Å². The highest BCUT2D eigenvalue weighted by molar-refractivity contribution is 5.29. The minimum Gasteiger partial charge on any atom is -0.435 e. The Labute approximate surface area is 125 Å². The largest absolute Gasteiger partial charge is 0.435 e. The van der Waals surface area contributed by atoms with Gasteiger partial charge < -0.3 is 10.1 Å². The van der Waals surface area contributed by atoms with Crippen LogP contribution < -0.4 is 10.1 Å². The molecule has 0 bridgehead atoms. The lowest BCUT2D eigenvalue weighted by molar-refractivity contribution is -0.0498. The number of rotatable bonds is 6. The van der Waals surface area contributed by atoms with Gasteiger partial charge in [-0.3, -0.25) is 0 Å². The molecule has 0 aliphatic heterocycles. The maximum absolute atomic E-state index is 12.1. The molecule has 0 radical (unpaired) electrons. The van der Waals surface area contributed by atoms with Crippen molar-refractivity contribution in [2.75, 3.05) is 0 Å². The van der Waals surface area contributed by atoms with Crippen molar-refractivity contribution in [1.29, 1.82) is 0 Å². The van der Waals surface area contributed by atoms with Gasteiger partial charge >= 0.3 is 6.61 Å². The van der Waals surface area contributed by atoms with Crippen LogP contribution in [0.15, 0.2) is 24.3 Å². The lowest BCUT2D eigenvalue weighted by Gasteiger charge is -2.31. The summed E-state index contributed by atoms with van der Waals surface area (Å²) < 4.78 is 28.6. The summed E-state index contributed by atoms with van der Waals surface area (Å²) in [6.07, 6.45) is 6.36. The van der Waals surface area contributed by atoms with E-state index in [-0.39, 0.29) is 11.8 Å². The third-order valence-electron chi connectivity index (χ3n) is 4.52. The van der Waals surface area contributed by atoms with E-state index in [1.165, 1.54) is 32.1 Å². The van der Waals surface area contributed by atoms with E-state index in [0.29, 0.717) is 6.04 Å². The van der Waals surface area contributed by atoms with Crippen molar-refractivity contribution in [2.45, 2.75) is 64.6 Å². The average Bonchev–Trinajstić information content (AvgIpc) is 2.48. The maximum atomic E-state index is 12.1. The highest BCUT2D eigenvalue weighted by atomic mass is 19.3. The van der Waals surface area contributed by atoms with Crippen molar-refractivity contribution in [1.82, 2.24) is 5.32 Å². The highest BCUT2D eigenvalue weighted by Gasteiger charge is 2.21. The quantitative estimate of drug-likeness (QED) is 0.805. The first-order valence-corrected chi connectivity index (χ1v) is 7.89. The zero-order valence-electron chi connectivity index (χ0n) is 12.8. The summed E-state index contributed by atoms with van der Waals surface area (Å²) >= 11 is 0. The molecular formula is C17H25F2NO. The number of nitrogens with one attached hydrogen (secondary N) is 1. The molecule has 1 atom stereocenters. The molecule has 1 aliphatic rings. The number of alkyl halides is 2. The second-order valence-electron chi connectivity index (χ2n) is 5.96. The highest BCUT2D eigenvalue weighted by Crippen LogP contribution is 2.28. The number of halogens is 2. The fourth-order valence-corrected chi connectivity index (χ4v) is 3.13. The fourth-order valence-electron chi connectivity index (χ4n) is 3.13. The van der Waals surface area contributed by atoms with E-state index in [2.05, 4.69) is 23.9 Å². The van der Waals surface area contributed by atoms with E-state index in [4.69, 9.17) is 0 Å². The van der Waals surface area contributed by atoms with Gasteiger partial charge in [0.2, 0.25) is 0 Å². The molecule has 1 aromatic carbocycles. The predicted molar refractivity (Wildman–Crippen MR) is 80.7 cm³/mol. The minimum absolute atomic E-state index is 0.212. The minimum atomic E-state index is -2.76. The molecule has 21 heavy (non-hydrogen) atoms. The second kappa shape index (κ2) is 7.74. The smallest absolute Gasteiger partial charge is 0.387 e. The van der Waals surface area contributed by atoms with E-state index in [1.807, 2.05) is 12.1 Å². The van der Waals surface area contributed by atoms with Crippen molar-refractivity contribution >= 4 is 0 Å². The summed E-state index contributed by atoms with van der Waals surface area (Å²) in [5.74, 6) is 1.11. The van der Waals surface area contributed by atoms with E-state index in [1.54, 1.807) is 12.1 Å². The molecule has 0 amide bonds. The molecule has 0 aromatic heterocycles. The summed E-state index contributed by atoms with van der Waals surface area (Å²) in [5, 5.41) is 3.65. The zero-order chi connectivity index (χ0) is 15.2. The molecule has 1 fully saturated rings. The Morgan fingerprint density at radius 3 is 2.29 bits per heavy atom. The summed E-state index contributed by atoms with van der Waals surface area (Å²) in [6.45, 7) is 1.62. The molecule has 0 saturated heterocycles. The molecule has 2 rings (SSSR count). The van der Waals surface area contributed by atoms with Crippen molar-refractivity contribution < 1.29 is 13.5 Å². The van der Waals surface area contributed by atoms with Crippen LogP contribution in [-0.2, 0) is 0 Å². The molecule has 2 nitrogen and oxygen atoms in total. The second-order valence-corrected chi connectivity index (χ2v) is 5.96. The first-order chi connectivity index (χ1) is 10.1. The first-order valence-electron chi connectivity index (χ1n) is 7.89. The van der Waals surface area contributed by atoms with Crippen LogP contribution in [0.5, 0.6) is 5.75 Å². The number of benzene rings is 1. The number of ether oxygens (including phenoxy) is 1. The Bertz CT molecular complexity index is 413. The monoisotopic (exact) mass is 297 g/mol. The summed E-state index contributed by atoms with van der Waals surface area (Å²) in [5.41, 5.74) is 1.11. The lowest BCUT2D eigenvalue weighted by Crippen LogP contribution is -2.34. The molecule has 0 spiro atoms. The Balaban J connectivity index is 1.84. The molecule has 1 N–H and O–H groups in total. The first kappa shape index (κ1) is 16.2. The van der Waals surface area contributed by atoms with E-state index < -0.39 is 6.61 Å². The van der Waals surface area contributed by atoms with Gasteiger partial charge in [-0.25, -0.2) is 0 Å². The van der Waals surface area contributed by atoms with E-state index >= 15 is 0 Å². The molecule has 1 saturated carbocycles. The van der Waals surface area contributed by atoms with E-state index in [0.717, 1.165) is 11.5 Å². The van der Waals surface area contributed by atoms with Crippen LogP contribution in [0.2, 0.25) is 0 Å². The topological polar surface area (TPSA) is 21.3 Å². The van der Waals surface area contributed by atoms with Crippen LogP contribution in [0.4, 0.5) is 8.78 Å². The third-order valence-corrected chi connectivity index (χ3v) is 4.52. The van der Waals surface area contributed by atoms with Crippen molar-refractivity contribution in [3.05, 3.63) is 29.8 Å². The van der Waals surface area contributed by atoms with Gasteiger partial charge in [-0.15, -0.1) is 0 Å². The van der Waals surface area contributed by atoms with Gasteiger partial charge in [0.25, 0.3) is 0 Å². The summed E-state index contributed by atoms with van der Waals surface area (Å²) in [4.78, 5) is 0. The fraction of sp³-hybridized carbons (Fsp3) is 0.647. The standard InChI is InChI=1S/C17H25F2NO/c1-3-13-4-8-15(9-5-13)20-12(2)14-6-10-16(11-7-14)21-17(18)19/h6-7,10-13,15,17,20H,3-5,8-9H2,1-2H3. The molecule has 4 heteroatoms. The molecule has 1 unspecified atom stereocenters. The van der Waals surface area contributed by atoms with Crippen LogP contribution in [0, 0.1) is 5.92 Å². The van der Waals surface area contributed by atoms with Crippen LogP contribution in [0.25, 0.3) is 0 Å². The molecule has 1 aromatic rings. The third kappa shape index (κ3) is 4.95. The number of hydrogen-bond donors (Lipinski definition) is 1. The predicted octanol–water partition coefficient (Wildman–Crippen LogP) is 4.91. The van der Waals surface area contributed by atoms with Gasteiger partial charge in [0.1, 0.15) is 5.75 Å². The Morgan fingerprint density at radius 1 is 1.14 bits per heavy atom. The SMILES string of the molecule is CCC1CCC(NC(C)c2ccc(OC(F)F)cc2)CC1. The maximum Gasteiger partial charge on any atom is 0.387 e. The van der Waals surface area contributed by atoms with Crippen LogP contribution >= 0.6 is 0 Å². The average molecular weight is 297 g/mol. The number of hydrogen-bond acceptors (Lipinski definition) is 2. The summed E-state index contributed by atoms with van der Waals surface area (Å²) in [7, 11) is 0. The van der Waals surface area contributed by atoms with Crippen molar-refractivity contribution in [2.24, 2.45) is 5.92 Å². The Kier molecular flexibility index (Phi) is 5.97. The molecule has 118 valence electrons. The van der Waals surface area contributed by atoms with E-state index in [9.17, 15) is 8.78 Å². The van der Waals surface area contributed by atoms with Crippen molar-refractivity contribution in [3.8, 4) is 5.75 Å². The Hall–Kier alpha value is -1.16. The van der Waals surface area contributed by atoms with Crippen LogP contribution in [0.3, 0.4) is 0 Å². The zero-order valence-corrected chi connectivity index (χ0v) is 12.8. The van der Waals surface area contributed by atoms with Crippen LogP contribution in [-0.4, -0.2) is 12.7 Å². The normalized spacial score (nSPS) is 24.0. The summed E-state index contributed by atoms with van der Waals surface area (Å²) in [6, 6.07) is 7.72. The van der Waals surface area contributed by atoms with Gasteiger partial charge in [0, 0.05) is 12.1 Å². The van der Waals surface area contributed by atoms with Crippen molar-refractivity contribution in [3.63, 3.8) is 0 Å². The lowest BCUT2D eigenvalue weighted by atomic mass is 9.84. The van der Waals surface area contributed by atoms with Gasteiger partial charge in [-0.2, -0.15) is 8.78 Å². The Morgan fingerprint density at radius 2 is 1.76 bits per heavy atom.